The number of carbonyl (C=O) groups is 1. The molecule has 0 aliphatic carbocycles. The van der Waals surface area contributed by atoms with Gasteiger partial charge in [0.05, 0.1) is 5.56 Å². The van der Waals surface area contributed by atoms with E-state index < -0.39 is 17.6 Å². The first-order chi connectivity index (χ1) is 10.3. The third-order valence-corrected chi connectivity index (χ3v) is 2.75. The second-order valence-corrected chi connectivity index (χ2v) is 4.50. The summed E-state index contributed by atoms with van der Waals surface area (Å²) in [5, 5.41) is 11.8. The largest absolute Gasteiger partial charge is 0.508 e. The minimum atomic E-state index is -4.42. The second kappa shape index (κ2) is 6.34. The van der Waals surface area contributed by atoms with E-state index in [0.717, 1.165) is 18.2 Å². The highest BCUT2D eigenvalue weighted by Gasteiger charge is 2.30. The molecule has 2 N–H and O–H groups in total. The van der Waals surface area contributed by atoms with Crippen LogP contribution in [0.2, 0.25) is 0 Å². The minimum Gasteiger partial charge on any atom is -0.508 e. The molecule has 114 valence electrons. The van der Waals surface area contributed by atoms with E-state index in [1.54, 1.807) is 12.1 Å². The van der Waals surface area contributed by atoms with Crippen molar-refractivity contribution in [2.45, 2.75) is 6.18 Å². The summed E-state index contributed by atoms with van der Waals surface area (Å²) in [5.74, 6) is -0.511. The third-order valence-electron chi connectivity index (χ3n) is 2.75. The van der Waals surface area contributed by atoms with Gasteiger partial charge in [0.1, 0.15) is 5.75 Å². The van der Waals surface area contributed by atoms with E-state index in [4.69, 9.17) is 0 Å². The van der Waals surface area contributed by atoms with Crippen molar-refractivity contribution in [1.82, 2.24) is 0 Å². The third kappa shape index (κ3) is 4.37. The van der Waals surface area contributed by atoms with Crippen molar-refractivity contribution in [3.8, 4) is 5.75 Å². The first-order valence-corrected chi connectivity index (χ1v) is 6.30. The Hall–Kier alpha value is -2.76. The van der Waals surface area contributed by atoms with Gasteiger partial charge in [0.2, 0.25) is 5.91 Å². The number of nitrogens with one attached hydrogen (secondary N) is 1. The molecule has 2 rings (SSSR count). The maximum atomic E-state index is 12.6. The molecule has 0 radical (unpaired) electrons. The van der Waals surface area contributed by atoms with E-state index in [0.29, 0.717) is 5.69 Å². The highest BCUT2D eigenvalue weighted by molar-refractivity contribution is 6.02. The van der Waals surface area contributed by atoms with Gasteiger partial charge in [0.25, 0.3) is 0 Å². The number of rotatable bonds is 3. The van der Waals surface area contributed by atoms with Crippen molar-refractivity contribution >= 4 is 17.7 Å². The molecule has 0 aliphatic rings. The molecule has 2 aromatic carbocycles. The number of phenolic OH excluding ortho intramolecular Hbond substituents is 1. The van der Waals surface area contributed by atoms with Crippen molar-refractivity contribution < 1.29 is 23.1 Å². The molecule has 0 heterocycles. The van der Waals surface area contributed by atoms with Crippen LogP contribution in [0, 0.1) is 0 Å². The minimum absolute atomic E-state index is 0.000317. The maximum absolute atomic E-state index is 12.6. The van der Waals surface area contributed by atoms with Crippen LogP contribution in [0.3, 0.4) is 0 Å². The first-order valence-electron chi connectivity index (χ1n) is 6.30. The molecule has 0 fully saturated rings. The maximum Gasteiger partial charge on any atom is 0.416 e. The smallest absolute Gasteiger partial charge is 0.416 e. The summed E-state index contributed by atoms with van der Waals surface area (Å²) in [5.41, 5.74) is -0.123. The highest BCUT2D eigenvalue weighted by Crippen LogP contribution is 2.29. The van der Waals surface area contributed by atoms with Gasteiger partial charge in [-0.15, -0.1) is 0 Å². The van der Waals surface area contributed by atoms with Crippen molar-refractivity contribution in [1.29, 1.82) is 0 Å². The van der Waals surface area contributed by atoms with Crippen LogP contribution in [0.15, 0.2) is 54.6 Å². The number of anilines is 1. The van der Waals surface area contributed by atoms with Gasteiger partial charge in [-0.3, -0.25) is 4.79 Å². The zero-order chi connectivity index (χ0) is 16.2. The Kier molecular flexibility index (Phi) is 4.50. The summed E-state index contributed by atoms with van der Waals surface area (Å²) in [6, 6.07) is 10.6. The molecule has 2 aromatic rings. The molecule has 0 bridgehead atoms. The molecule has 0 aliphatic heterocycles. The predicted octanol–water partition coefficient (Wildman–Crippen LogP) is 4.06. The molecule has 0 atom stereocenters. The predicted molar refractivity (Wildman–Crippen MR) is 77.2 cm³/mol. The van der Waals surface area contributed by atoms with Crippen LogP contribution in [0.4, 0.5) is 18.9 Å². The Balaban J connectivity index is 2.07. The molecular weight excluding hydrogens is 295 g/mol. The Morgan fingerprint density at radius 2 is 1.82 bits per heavy atom. The van der Waals surface area contributed by atoms with Crippen LogP contribution < -0.4 is 5.32 Å². The molecule has 0 saturated heterocycles. The van der Waals surface area contributed by atoms with Crippen LogP contribution in [-0.4, -0.2) is 11.0 Å². The molecule has 0 aromatic heterocycles. The number of hydrogen-bond donors (Lipinski definition) is 2. The zero-order valence-electron chi connectivity index (χ0n) is 11.3. The highest BCUT2D eigenvalue weighted by atomic mass is 19.4. The van der Waals surface area contributed by atoms with Gasteiger partial charge in [0, 0.05) is 17.8 Å². The fraction of sp³-hybridized carbons (Fsp3) is 0.0625. The lowest BCUT2D eigenvalue weighted by Crippen LogP contribution is -2.07. The van der Waals surface area contributed by atoms with Gasteiger partial charge in [-0.25, -0.2) is 0 Å². The Morgan fingerprint density at radius 1 is 1.09 bits per heavy atom. The second-order valence-electron chi connectivity index (χ2n) is 4.50. The van der Waals surface area contributed by atoms with Crippen LogP contribution in [-0.2, 0) is 11.0 Å². The molecule has 22 heavy (non-hydrogen) atoms. The summed E-state index contributed by atoms with van der Waals surface area (Å²) in [6.45, 7) is 0. The fourth-order valence-electron chi connectivity index (χ4n) is 1.76. The average molecular weight is 307 g/mol. The van der Waals surface area contributed by atoms with Gasteiger partial charge >= 0.3 is 6.18 Å². The van der Waals surface area contributed by atoms with Crippen molar-refractivity contribution in [3.63, 3.8) is 0 Å². The Bertz CT molecular complexity index is 709. The molecular formula is C16H12F3NO2. The number of aromatic hydroxyl groups is 1. The van der Waals surface area contributed by atoms with E-state index in [2.05, 4.69) is 5.32 Å². The van der Waals surface area contributed by atoms with Crippen LogP contribution >= 0.6 is 0 Å². The molecule has 3 nitrogen and oxygen atoms in total. The number of carbonyl (C=O) groups excluding carboxylic acids is 1. The average Bonchev–Trinajstić information content (AvgIpc) is 2.45. The molecule has 1 amide bonds. The lowest BCUT2D eigenvalue weighted by Gasteiger charge is -2.06. The van der Waals surface area contributed by atoms with Gasteiger partial charge < -0.3 is 10.4 Å². The van der Waals surface area contributed by atoms with E-state index in [1.165, 1.54) is 30.3 Å². The number of amides is 1. The van der Waals surface area contributed by atoms with E-state index >= 15 is 0 Å². The lowest BCUT2D eigenvalue weighted by atomic mass is 10.1. The van der Waals surface area contributed by atoms with Crippen LogP contribution in [0.25, 0.3) is 6.08 Å². The molecule has 6 heteroatoms. The Labute approximate surface area is 124 Å². The van der Waals surface area contributed by atoms with Gasteiger partial charge in [-0.05, 0) is 35.9 Å². The van der Waals surface area contributed by atoms with Crippen LogP contribution in [0.5, 0.6) is 5.75 Å². The summed E-state index contributed by atoms with van der Waals surface area (Å²) >= 11 is 0. The molecule has 0 spiro atoms. The first kappa shape index (κ1) is 15.6. The number of phenols is 1. The van der Waals surface area contributed by atoms with Gasteiger partial charge in [-0.1, -0.05) is 18.2 Å². The quantitative estimate of drug-likeness (QED) is 0.840. The fourth-order valence-corrected chi connectivity index (χ4v) is 1.76. The summed E-state index contributed by atoms with van der Waals surface area (Å²) in [6.07, 6.45) is -2.01. The van der Waals surface area contributed by atoms with Crippen molar-refractivity contribution in [3.05, 3.63) is 65.7 Å². The lowest BCUT2D eigenvalue weighted by molar-refractivity contribution is -0.137. The Morgan fingerprint density at radius 3 is 2.50 bits per heavy atom. The number of alkyl halides is 3. The monoisotopic (exact) mass is 307 g/mol. The standard InChI is InChI=1S/C16H12F3NO2/c17-16(18,19)12-4-1-3-11(9-12)7-8-15(22)20-13-5-2-6-14(21)10-13/h1-10,21H,(H,20,22)/b8-7+. The van der Waals surface area contributed by atoms with Gasteiger partial charge in [0.15, 0.2) is 0 Å². The van der Waals surface area contributed by atoms with Crippen molar-refractivity contribution in [2.24, 2.45) is 0 Å². The topological polar surface area (TPSA) is 49.3 Å². The number of hydrogen-bond acceptors (Lipinski definition) is 2. The summed E-state index contributed by atoms with van der Waals surface area (Å²) in [7, 11) is 0. The number of benzene rings is 2. The number of halogens is 3. The van der Waals surface area contributed by atoms with Crippen LogP contribution in [0.1, 0.15) is 11.1 Å². The SMILES string of the molecule is O=C(/C=C/c1cccc(C(F)(F)F)c1)Nc1cccc(O)c1. The van der Waals surface area contributed by atoms with E-state index in [1.807, 2.05) is 0 Å². The van der Waals surface area contributed by atoms with E-state index in [9.17, 15) is 23.1 Å². The molecule has 0 saturated carbocycles. The molecule has 0 unspecified atom stereocenters. The van der Waals surface area contributed by atoms with E-state index in [-0.39, 0.29) is 11.3 Å². The normalized spacial score (nSPS) is 11.6. The van der Waals surface area contributed by atoms with Crippen molar-refractivity contribution in [2.75, 3.05) is 5.32 Å². The summed E-state index contributed by atoms with van der Waals surface area (Å²) in [4.78, 5) is 11.7. The van der Waals surface area contributed by atoms with Gasteiger partial charge in [-0.2, -0.15) is 13.2 Å². The summed E-state index contributed by atoms with van der Waals surface area (Å²) < 4.78 is 37.7. The zero-order valence-corrected chi connectivity index (χ0v) is 11.3.